The number of methoxy groups -OCH3 is 1. The molecule has 0 saturated heterocycles. The molecule has 1 N–H and O–H groups in total. The van der Waals surface area contributed by atoms with Crippen LogP contribution >= 0.6 is 0 Å². The van der Waals surface area contributed by atoms with E-state index in [4.69, 9.17) is 9.57 Å². The van der Waals surface area contributed by atoms with Gasteiger partial charge in [-0.2, -0.15) is 5.48 Å². The van der Waals surface area contributed by atoms with Gasteiger partial charge in [-0.1, -0.05) is 12.1 Å². The van der Waals surface area contributed by atoms with Gasteiger partial charge in [-0.15, -0.1) is 13.2 Å². The van der Waals surface area contributed by atoms with Crippen LogP contribution in [0.2, 0.25) is 0 Å². The topological polar surface area (TPSA) is 39.7 Å². The van der Waals surface area contributed by atoms with Gasteiger partial charge in [0, 0.05) is 7.11 Å². The highest BCUT2D eigenvalue weighted by Crippen LogP contribution is 2.24. The molecule has 0 bridgehead atoms. The van der Waals surface area contributed by atoms with Gasteiger partial charge in [-0.05, 0) is 24.6 Å². The molecule has 0 aliphatic heterocycles. The number of alkyl halides is 3. The van der Waals surface area contributed by atoms with Crippen molar-refractivity contribution in [2.24, 2.45) is 0 Å². The van der Waals surface area contributed by atoms with E-state index in [1.807, 2.05) is 6.92 Å². The van der Waals surface area contributed by atoms with Gasteiger partial charge in [0.25, 0.3) is 0 Å². The minimum absolute atomic E-state index is 0.156. The van der Waals surface area contributed by atoms with E-state index in [0.29, 0.717) is 13.2 Å². The number of nitrogens with one attached hydrogen (secondary N) is 1. The molecule has 7 heteroatoms. The fourth-order valence-corrected chi connectivity index (χ4v) is 1.34. The Morgan fingerprint density at radius 2 is 1.79 bits per heavy atom. The molecule has 0 heterocycles. The molecular formula is C12H16F3NO3. The quantitative estimate of drug-likeness (QED) is 0.615. The van der Waals surface area contributed by atoms with Crippen molar-refractivity contribution in [1.29, 1.82) is 0 Å². The highest BCUT2D eigenvalue weighted by Gasteiger charge is 2.30. The summed E-state index contributed by atoms with van der Waals surface area (Å²) >= 11 is 0. The van der Waals surface area contributed by atoms with Crippen LogP contribution in [-0.2, 0) is 9.57 Å². The molecule has 0 radical (unpaired) electrons. The monoisotopic (exact) mass is 279 g/mol. The summed E-state index contributed by atoms with van der Waals surface area (Å²) in [5.41, 5.74) is 3.54. The van der Waals surface area contributed by atoms with Crippen LogP contribution in [0, 0.1) is 0 Å². The third kappa shape index (κ3) is 6.42. The third-order valence-corrected chi connectivity index (χ3v) is 2.26. The summed E-state index contributed by atoms with van der Waals surface area (Å²) in [4.78, 5) is 5.11. The number of hydrogen-bond acceptors (Lipinski definition) is 4. The summed E-state index contributed by atoms with van der Waals surface area (Å²) < 4.78 is 44.5. The molecule has 0 aliphatic rings. The third-order valence-electron chi connectivity index (χ3n) is 2.26. The summed E-state index contributed by atoms with van der Waals surface area (Å²) in [7, 11) is 1.56. The van der Waals surface area contributed by atoms with Gasteiger partial charge in [0.1, 0.15) is 5.75 Å². The molecule has 19 heavy (non-hydrogen) atoms. The van der Waals surface area contributed by atoms with Gasteiger partial charge in [-0.25, -0.2) is 0 Å². The Bertz CT molecular complexity index is 367. The Morgan fingerprint density at radius 3 is 2.32 bits per heavy atom. The second-order valence-corrected chi connectivity index (χ2v) is 3.80. The van der Waals surface area contributed by atoms with Crippen molar-refractivity contribution in [1.82, 2.24) is 5.48 Å². The molecule has 4 nitrogen and oxygen atoms in total. The van der Waals surface area contributed by atoms with Crippen molar-refractivity contribution in [2.75, 3.05) is 20.3 Å². The lowest BCUT2D eigenvalue weighted by molar-refractivity contribution is -0.274. The zero-order chi connectivity index (χ0) is 14.3. The molecule has 0 fully saturated rings. The maximum atomic E-state index is 12.0. The second-order valence-electron chi connectivity index (χ2n) is 3.80. The van der Waals surface area contributed by atoms with Crippen molar-refractivity contribution in [3.63, 3.8) is 0 Å². The first kappa shape index (κ1) is 15.7. The summed E-state index contributed by atoms with van der Waals surface area (Å²) in [6, 6.07) is 5.44. The van der Waals surface area contributed by atoms with E-state index < -0.39 is 6.36 Å². The van der Waals surface area contributed by atoms with Crippen LogP contribution in [0.5, 0.6) is 5.75 Å². The second kappa shape index (κ2) is 7.32. The van der Waals surface area contributed by atoms with Crippen LogP contribution in [-0.4, -0.2) is 26.7 Å². The fraction of sp³-hybridized carbons (Fsp3) is 0.500. The Kier molecular flexibility index (Phi) is 6.07. The first-order valence-electron chi connectivity index (χ1n) is 5.64. The van der Waals surface area contributed by atoms with E-state index in [1.54, 1.807) is 19.2 Å². The van der Waals surface area contributed by atoms with Crippen LogP contribution in [0.25, 0.3) is 0 Å². The molecule has 108 valence electrons. The SMILES string of the molecule is COCCONC(C)c1ccc(OC(F)(F)F)cc1. The lowest BCUT2D eigenvalue weighted by atomic mass is 10.1. The first-order valence-corrected chi connectivity index (χ1v) is 5.64. The number of hydrogen-bond donors (Lipinski definition) is 1. The highest BCUT2D eigenvalue weighted by molar-refractivity contribution is 5.28. The predicted molar refractivity (Wildman–Crippen MR) is 62.5 cm³/mol. The van der Waals surface area contributed by atoms with Crippen LogP contribution in [0.4, 0.5) is 13.2 Å². The van der Waals surface area contributed by atoms with Crippen molar-refractivity contribution < 1.29 is 27.5 Å². The minimum atomic E-state index is -4.67. The largest absolute Gasteiger partial charge is 0.573 e. The standard InChI is InChI=1S/C12H16F3NO3/c1-9(16-18-8-7-17-2)10-3-5-11(6-4-10)19-12(13,14)15/h3-6,9,16H,7-8H2,1-2H3. The average molecular weight is 279 g/mol. The molecule has 1 unspecified atom stereocenters. The van der Waals surface area contributed by atoms with Gasteiger partial charge in [0.15, 0.2) is 0 Å². The normalized spacial score (nSPS) is 13.3. The maximum Gasteiger partial charge on any atom is 0.573 e. The Hall–Kier alpha value is -1.31. The van der Waals surface area contributed by atoms with E-state index in [2.05, 4.69) is 10.2 Å². The molecule has 0 amide bonds. The zero-order valence-corrected chi connectivity index (χ0v) is 10.7. The average Bonchev–Trinajstić information content (AvgIpc) is 2.33. The van der Waals surface area contributed by atoms with Gasteiger partial charge < -0.3 is 9.47 Å². The van der Waals surface area contributed by atoms with Crippen LogP contribution in [0.15, 0.2) is 24.3 Å². The Balaban J connectivity index is 2.46. The maximum absolute atomic E-state index is 12.0. The smallest absolute Gasteiger partial charge is 0.406 e. The van der Waals surface area contributed by atoms with Crippen LogP contribution in [0.3, 0.4) is 0 Å². The van der Waals surface area contributed by atoms with Crippen molar-refractivity contribution in [3.8, 4) is 5.75 Å². The number of benzene rings is 1. The number of ether oxygens (including phenoxy) is 2. The van der Waals surface area contributed by atoms with Gasteiger partial charge in [0.2, 0.25) is 0 Å². The van der Waals surface area contributed by atoms with E-state index in [1.165, 1.54) is 12.1 Å². The van der Waals surface area contributed by atoms with E-state index in [-0.39, 0.29) is 11.8 Å². The molecule has 0 saturated carbocycles. The summed E-state index contributed by atoms with van der Waals surface area (Å²) in [6.07, 6.45) is -4.67. The molecule has 0 spiro atoms. The molecule has 0 aliphatic carbocycles. The van der Waals surface area contributed by atoms with Crippen LogP contribution in [0.1, 0.15) is 18.5 Å². The Labute approximate surface area is 109 Å². The van der Waals surface area contributed by atoms with Crippen molar-refractivity contribution in [2.45, 2.75) is 19.3 Å². The van der Waals surface area contributed by atoms with Gasteiger partial charge in [-0.3, -0.25) is 4.84 Å². The lowest BCUT2D eigenvalue weighted by Crippen LogP contribution is -2.21. The number of halogens is 3. The molecule has 1 aromatic carbocycles. The predicted octanol–water partition coefficient (Wildman–Crippen LogP) is 2.81. The summed E-state index contributed by atoms with van der Waals surface area (Å²) in [5.74, 6) is -0.247. The minimum Gasteiger partial charge on any atom is -0.406 e. The van der Waals surface area contributed by atoms with E-state index >= 15 is 0 Å². The fourth-order valence-electron chi connectivity index (χ4n) is 1.34. The highest BCUT2D eigenvalue weighted by atomic mass is 19.4. The summed E-state index contributed by atoms with van der Waals surface area (Å²) in [5, 5.41) is 0. The van der Waals surface area contributed by atoms with Gasteiger partial charge in [0.05, 0.1) is 19.3 Å². The van der Waals surface area contributed by atoms with Crippen LogP contribution < -0.4 is 10.2 Å². The van der Waals surface area contributed by atoms with Gasteiger partial charge >= 0.3 is 6.36 Å². The zero-order valence-electron chi connectivity index (χ0n) is 10.7. The molecule has 1 rings (SSSR count). The van der Waals surface area contributed by atoms with Crippen molar-refractivity contribution in [3.05, 3.63) is 29.8 Å². The first-order chi connectivity index (χ1) is 8.92. The van der Waals surface area contributed by atoms with E-state index in [0.717, 1.165) is 5.56 Å². The molecular weight excluding hydrogens is 263 g/mol. The summed E-state index contributed by atoms with van der Waals surface area (Å²) in [6.45, 7) is 2.67. The molecule has 0 aromatic heterocycles. The van der Waals surface area contributed by atoms with E-state index in [9.17, 15) is 13.2 Å². The number of hydroxylamine groups is 1. The lowest BCUT2D eigenvalue weighted by Gasteiger charge is -2.15. The molecule has 1 aromatic rings. The van der Waals surface area contributed by atoms with Crippen molar-refractivity contribution >= 4 is 0 Å². The number of rotatable bonds is 7. The Morgan fingerprint density at radius 1 is 1.16 bits per heavy atom. The molecule has 1 atom stereocenters.